The molecule has 0 fully saturated rings. The molecule has 0 saturated carbocycles. The van der Waals surface area contributed by atoms with E-state index in [1.165, 1.54) is 6.21 Å². The van der Waals surface area contributed by atoms with Gasteiger partial charge in [0.15, 0.2) is 6.04 Å². The maximum absolute atomic E-state index is 10.0. The van der Waals surface area contributed by atoms with Crippen molar-refractivity contribution in [1.29, 1.82) is 0 Å². The Bertz CT molecular complexity index is 121. The van der Waals surface area contributed by atoms with Crippen molar-refractivity contribution in [2.24, 2.45) is 4.99 Å². The zero-order valence-electron chi connectivity index (χ0n) is 5.11. The predicted molar refractivity (Wildman–Crippen MR) is 32.7 cm³/mol. The lowest BCUT2D eigenvalue weighted by Crippen LogP contribution is -2.21. The van der Waals surface area contributed by atoms with E-state index in [-0.39, 0.29) is 0 Å². The summed E-state index contributed by atoms with van der Waals surface area (Å²) < 4.78 is 0. The van der Waals surface area contributed by atoms with Crippen molar-refractivity contribution in [2.45, 2.75) is 13.0 Å². The largest absolute Gasteiger partial charge is 0.480 e. The molecule has 0 spiro atoms. The van der Waals surface area contributed by atoms with Gasteiger partial charge in [-0.25, -0.2) is 4.79 Å². The number of hydrogen-bond donors (Lipinski definition) is 2. The summed E-state index contributed by atoms with van der Waals surface area (Å²) in [5, 5.41) is 16.6. The normalized spacial score (nSPS) is 14.0. The van der Waals surface area contributed by atoms with Crippen molar-refractivity contribution in [3.8, 4) is 0 Å². The molecule has 0 rings (SSSR count). The van der Waals surface area contributed by atoms with Crippen molar-refractivity contribution in [2.75, 3.05) is 6.61 Å². The van der Waals surface area contributed by atoms with Gasteiger partial charge in [-0.15, -0.1) is 0 Å². The Morgan fingerprint density at radius 3 is 2.56 bits per heavy atom. The Morgan fingerprint density at radius 1 is 1.89 bits per heavy atom. The highest BCUT2D eigenvalue weighted by Gasteiger charge is 2.11. The lowest BCUT2D eigenvalue weighted by atomic mass is 10.3. The number of carbonyl (C=O) groups is 1. The van der Waals surface area contributed by atoms with E-state index in [2.05, 4.69) is 4.99 Å². The molecule has 0 saturated heterocycles. The van der Waals surface area contributed by atoms with Gasteiger partial charge in [0.1, 0.15) is 0 Å². The summed E-state index contributed by atoms with van der Waals surface area (Å²) in [4.78, 5) is 13.5. The first kappa shape index (κ1) is 8.10. The molecular weight excluding hydrogens is 122 g/mol. The molecule has 0 amide bonds. The van der Waals surface area contributed by atoms with Gasteiger partial charge in [-0.3, -0.25) is 4.99 Å². The maximum Gasteiger partial charge on any atom is 0.330 e. The van der Waals surface area contributed by atoms with Gasteiger partial charge in [-0.1, -0.05) is 0 Å². The Labute approximate surface area is 52.8 Å². The molecular formula is C5H9NO3. The van der Waals surface area contributed by atoms with Crippen molar-refractivity contribution < 1.29 is 15.0 Å². The zero-order valence-corrected chi connectivity index (χ0v) is 5.11. The van der Waals surface area contributed by atoms with Crippen LogP contribution >= 0.6 is 0 Å². The molecule has 0 aliphatic heterocycles. The van der Waals surface area contributed by atoms with Crippen molar-refractivity contribution in [1.82, 2.24) is 0 Å². The molecule has 0 aromatic carbocycles. The summed E-state index contributed by atoms with van der Waals surface area (Å²) in [7, 11) is 0. The second kappa shape index (κ2) is 4.03. The van der Waals surface area contributed by atoms with Crippen molar-refractivity contribution in [3.05, 3.63) is 0 Å². The lowest BCUT2D eigenvalue weighted by molar-refractivity contribution is -0.139. The molecule has 0 aliphatic carbocycles. The first-order chi connectivity index (χ1) is 4.22. The molecule has 9 heavy (non-hydrogen) atoms. The van der Waals surface area contributed by atoms with Gasteiger partial charge in [-0.05, 0) is 13.1 Å². The molecule has 0 aromatic rings. The van der Waals surface area contributed by atoms with Gasteiger partial charge in [-0.2, -0.15) is 0 Å². The fourth-order valence-electron chi connectivity index (χ4n) is 0.369. The molecule has 1 atom stereocenters. The summed E-state index contributed by atoms with van der Waals surface area (Å²) >= 11 is 0. The smallest absolute Gasteiger partial charge is 0.330 e. The maximum atomic E-state index is 10.0. The molecule has 0 aromatic heterocycles. The quantitative estimate of drug-likeness (QED) is 0.508. The third-order valence-corrected chi connectivity index (χ3v) is 0.787. The number of aliphatic hydroxyl groups is 1. The van der Waals surface area contributed by atoms with Crippen LogP contribution in [-0.2, 0) is 4.79 Å². The first-order valence-electron chi connectivity index (χ1n) is 2.53. The summed E-state index contributed by atoms with van der Waals surface area (Å²) in [6.45, 7) is 1.16. The van der Waals surface area contributed by atoms with Gasteiger partial charge in [0.2, 0.25) is 0 Å². The standard InChI is InChI=1S/C5H9NO3/c1-2-6-4(3-7)5(8)9/h2,4,7H,3H2,1H3,(H,8,9)/t4-/m1/s1. The van der Waals surface area contributed by atoms with Crippen LogP contribution in [0.4, 0.5) is 0 Å². The van der Waals surface area contributed by atoms with Gasteiger partial charge in [0, 0.05) is 0 Å². The van der Waals surface area contributed by atoms with E-state index in [0.717, 1.165) is 0 Å². The number of carboxylic acid groups (broad SMARTS) is 1. The van der Waals surface area contributed by atoms with Crippen LogP contribution < -0.4 is 0 Å². The van der Waals surface area contributed by atoms with Gasteiger partial charge in [0.05, 0.1) is 6.61 Å². The Kier molecular flexibility index (Phi) is 3.62. The fraction of sp³-hybridized carbons (Fsp3) is 0.600. The van der Waals surface area contributed by atoms with Gasteiger partial charge >= 0.3 is 5.97 Å². The molecule has 0 aliphatic rings. The summed E-state index contributed by atoms with van der Waals surface area (Å²) in [6.07, 6.45) is 1.36. The molecule has 2 N–H and O–H groups in total. The van der Waals surface area contributed by atoms with Crippen LogP contribution in [0.25, 0.3) is 0 Å². The number of aliphatic carboxylic acids is 1. The Balaban J connectivity index is 3.83. The van der Waals surface area contributed by atoms with Crippen LogP contribution in [0.1, 0.15) is 6.92 Å². The van der Waals surface area contributed by atoms with Crippen molar-refractivity contribution in [3.63, 3.8) is 0 Å². The molecule has 0 radical (unpaired) electrons. The number of rotatable bonds is 3. The summed E-state index contributed by atoms with van der Waals surface area (Å²) in [5.41, 5.74) is 0. The van der Waals surface area contributed by atoms with Crippen molar-refractivity contribution >= 4 is 12.2 Å². The van der Waals surface area contributed by atoms with E-state index < -0.39 is 18.6 Å². The minimum Gasteiger partial charge on any atom is -0.480 e. The highest BCUT2D eigenvalue weighted by atomic mass is 16.4. The van der Waals surface area contributed by atoms with Gasteiger partial charge < -0.3 is 10.2 Å². The third-order valence-electron chi connectivity index (χ3n) is 0.787. The SMILES string of the molecule is CC=N[C@H](CO)C(=O)O. The number of aliphatic imine (C=N–C) groups is 1. The van der Waals surface area contributed by atoms with Crippen LogP contribution in [0.5, 0.6) is 0 Å². The molecule has 4 heteroatoms. The molecule has 52 valence electrons. The molecule has 4 nitrogen and oxygen atoms in total. The predicted octanol–water partition coefficient (Wildman–Crippen LogP) is -0.477. The van der Waals surface area contributed by atoms with Gasteiger partial charge in [0.25, 0.3) is 0 Å². The Hall–Kier alpha value is -0.900. The van der Waals surface area contributed by atoms with Crippen LogP contribution in [0.15, 0.2) is 4.99 Å². The van der Waals surface area contributed by atoms with Crippen LogP contribution in [0, 0.1) is 0 Å². The summed E-state index contributed by atoms with van der Waals surface area (Å²) in [6, 6.07) is -0.991. The topological polar surface area (TPSA) is 69.9 Å². The van der Waals surface area contributed by atoms with E-state index in [1.54, 1.807) is 6.92 Å². The van der Waals surface area contributed by atoms with E-state index in [0.29, 0.717) is 0 Å². The monoisotopic (exact) mass is 131 g/mol. The first-order valence-corrected chi connectivity index (χ1v) is 2.53. The fourth-order valence-corrected chi connectivity index (χ4v) is 0.369. The zero-order chi connectivity index (χ0) is 7.28. The second-order valence-electron chi connectivity index (χ2n) is 1.44. The van der Waals surface area contributed by atoms with E-state index in [9.17, 15) is 4.79 Å². The minimum absolute atomic E-state index is 0.445. The van der Waals surface area contributed by atoms with Crippen LogP contribution in [-0.4, -0.2) is 35.0 Å². The third kappa shape index (κ3) is 2.81. The molecule has 0 bridgehead atoms. The van der Waals surface area contributed by atoms with Crippen LogP contribution in [0.3, 0.4) is 0 Å². The number of aliphatic hydroxyl groups excluding tert-OH is 1. The second-order valence-corrected chi connectivity index (χ2v) is 1.44. The number of hydrogen-bond acceptors (Lipinski definition) is 3. The average molecular weight is 131 g/mol. The average Bonchev–Trinajstić information content (AvgIpc) is 1.82. The van der Waals surface area contributed by atoms with E-state index >= 15 is 0 Å². The van der Waals surface area contributed by atoms with E-state index in [4.69, 9.17) is 10.2 Å². The number of nitrogens with zero attached hydrogens (tertiary/aromatic N) is 1. The summed E-state index contributed by atoms with van der Waals surface area (Å²) in [5.74, 6) is -1.10. The number of carboxylic acids is 1. The molecule has 0 heterocycles. The molecule has 0 unspecified atom stereocenters. The lowest BCUT2D eigenvalue weighted by Gasteiger charge is -1.99. The van der Waals surface area contributed by atoms with E-state index in [1.807, 2.05) is 0 Å². The highest BCUT2D eigenvalue weighted by Crippen LogP contribution is 1.86. The van der Waals surface area contributed by atoms with Crippen LogP contribution in [0.2, 0.25) is 0 Å². The highest BCUT2D eigenvalue weighted by molar-refractivity contribution is 5.75. The minimum atomic E-state index is -1.10. The Morgan fingerprint density at radius 2 is 2.44 bits per heavy atom.